The van der Waals surface area contributed by atoms with E-state index in [1.165, 1.54) is 5.01 Å². The Morgan fingerprint density at radius 1 is 1.04 bits per heavy atom. The lowest BCUT2D eigenvalue weighted by molar-refractivity contribution is -0.131. The average Bonchev–Trinajstić information content (AvgIpc) is 2.72. The summed E-state index contributed by atoms with van der Waals surface area (Å²) in [6.07, 6.45) is 5.53. The van der Waals surface area contributed by atoms with Gasteiger partial charge >= 0.3 is 0 Å². The number of carbonyl (C=O) groups is 1. The third-order valence-corrected chi connectivity index (χ3v) is 4.67. The molecule has 0 bridgehead atoms. The van der Waals surface area contributed by atoms with Crippen molar-refractivity contribution in [1.29, 1.82) is 5.26 Å². The number of hydrogen-bond donors (Lipinski definition) is 0. The minimum absolute atomic E-state index is 0.0994. The van der Waals surface area contributed by atoms with Crippen molar-refractivity contribution in [2.24, 2.45) is 10.1 Å². The van der Waals surface area contributed by atoms with Gasteiger partial charge in [0.05, 0.1) is 29.5 Å². The minimum atomic E-state index is -0.512. The zero-order chi connectivity index (χ0) is 19.5. The first-order chi connectivity index (χ1) is 13.6. The molecule has 2 aromatic rings. The first-order valence-electron chi connectivity index (χ1n) is 9.04. The summed E-state index contributed by atoms with van der Waals surface area (Å²) in [5, 5.41) is 14.9. The maximum absolute atomic E-state index is 12.8. The summed E-state index contributed by atoms with van der Waals surface area (Å²) in [5.74, 6) is -0.0994. The van der Waals surface area contributed by atoms with Crippen LogP contribution in [0.3, 0.4) is 0 Å². The number of benzene rings is 2. The molecule has 2 aromatic carbocycles. The van der Waals surface area contributed by atoms with Crippen LogP contribution in [0.2, 0.25) is 0 Å². The molecule has 1 unspecified atom stereocenters. The molecule has 0 N–H and O–H groups in total. The van der Waals surface area contributed by atoms with Gasteiger partial charge in [-0.05, 0) is 47.9 Å². The fourth-order valence-electron chi connectivity index (χ4n) is 3.22. The molecule has 28 heavy (non-hydrogen) atoms. The van der Waals surface area contributed by atoms with Crippen molar-refractivity contribution in [2.45, 2.75) is 19.5 Å². The van der Waals surface area contributed by atoms with Gasteiger partial charge in [-0.15, -0.1) is 0 Å². The second kappa shape index (κ2) is 7.45. The van der Waals surface area contributed by atoms with Crippen molar-refractivity contribution >= 4 is 22.9 Å². The monoisotopic (exact) mass is 366 g/mol. The molecule has 5 nitrogen and oxygen atoms in total. The molecule has 0 fully saturated rings. The number of nitriles is 1. The Morgan fingerprint density at radius 2 is 1.79 bits per heavy atom. The zero-order valence-corrected chi connectivity index (χ0v) is 15.4. The quantitative estimate of drug-likeness (QED) is 0.808. The summed E-state index contributed by atoms with van der Waals surface area (Å²) in [6, 6.07) is 19.3. The van der Waals surface area contributed by atoms with Crippen LogP contribution in [0.25, 0.3) is 5.57 Å². The summed E-state index contributed by atoms with van der Waals surface area (Å²) in [7, 11) is 0. The Labute approximate surface area is 163 Å². The third-order valence-electron chi connectivity index (χ3n) is 4.67. The molecule has 2 heterocycles. The van der Waals surface area contributed by atoms with Gasteiger partial charge in [0.25, 0.3) is 5.91 Å². The molecule has 2 aliphatic rings. The second-order valence-corrected chi connectivity index (χ2v) is 6.66. The molecule has 5 heteroatoms. The van der Waals surface area contributed by atoms with Crippen molar-refractivity contribution in [3.63, 3.8) is 0 Å². The van der Waals surface area contributed by atoms with Crippen molar-refractivity contribution in [1.82, 2.24) is 5.01 Å². The number of carbonyl (C=O) groups excluding carboxylic acids is 1. The lowest BCUT2D eigenvalue weighted by Gasteiger charge is -2.29. The zero-order valence-electron chi connectivity index (χ0n) is 15.4. The molecular weight excluding hydrogens is 348 g/mol. The van der Waals surface area contributed by atoms with Gasteiger partial charge in [-0.2, -0.15) is 10.4 Å². The van der Waals surface area contributed by atoms with Gasteiger partial charge in [0, 0.05) is 0 Å². The Hall–Kier alpha value is -3.78. The number of aliphatic imine (C=N–C) groups is 1. The van der Waals surface area contributed by atoms with E-state index in [1.54, 1.807) is 12.1 Å². The summed E-state index contributed by atoms with van der Waals surface area (Å²) < 4.78 is 0. The fraction of sp³-hybridized carbons (Fsp3) is 0.130. The summed E-state index contributed by atoms with van der Waals surface area (Å²) in [5.41, 5.74) is 4.92. The van der Waals surface area contributed by atoms with E-state index in [9.17, 15) is 4.79 Å². The van der Waals surface area contributed by atoms with Gasteiger partial charge in [-0.25, -0.2) is 5.01 Å². The third kappa shape index (κ3) is 3.53. The maximum Gasteiger partial charge on any atom is 0.251 e. The van der Waals surface area contributed by atoms with Gasteiger partial charge in [0.1, 0.15) is 0 Å². The lowest BCUT2D eigenvalue weighted by Crippen LogP contribution is -2.41. The average molecular weight is 366 g/mol. The molecule has 136 valence electrons. The number of hydrazone groups is 1. The lowest BCUT2D eigenvalue weighted by atomic mass is 10.0. The van der Waals surface area contributed by atoms with Gasteiger partial charge in [0.15, 0.2) is 6.17 Å². The van der Waals surface area contributed by atoms with Crippen LogP contribution in [0.4, 0.5) is 0 Å². The van der Waals surface area contributed by atoms with Crippen LogP contribution in [0.15, 0.2) is 82.9 Å². The number of hydrogen-bond acceptors (Lipinski definition) is 4. The predicted octanol–water partition coefficient (Wildman–Crippen LogP) is 3.94. The van der Waals surface area contributed by atoms with Crippen molar-refractivity contribution in [3.05, 3.63) is 89.5 Å². The highest BCUT2D eigenvalue weighted by Gasteiger charge is 2.30. The number of rotatable bonds is 2. The SMILES string of the molecule is CC1=NN2C(=O)CC(c3ccc(C#N)cc3)=NC2C=C(c2ccccc2)C=C1. The molecular formula is C23H18N4O. The number of fused-ring (bicyclic) bond motifs is 1. The Bertz CT molecular complexity index is 1070. The Morgan fingerprint density at radius 3 is 2.50 bits per heavy atom. The van der Waals surface area contributed by atoms with Crippen LogP contribution in [-0.2, 0) is 4.79 Å². The number of allylic oxidation sites excluding steroid dienone is 3. The predicted molar refractivity (Wildman–Crippen MR) is 110 cm³/mol. The van der Waals surface area contributed by atoms with E-state index in [2.05, 4.69) is 11.2 Å². The van der Waals surface area contributed by atoms with E-state index in [-0.39, 0.29) is 12.3 Å². The molecule has 0 aliphatic carbocycles. The van der Waals surface area contributed by atoms with E-state index in [4.69, 9.17) is 10.3 Å². The summed E-state index contributed by atoms with van der Waals surface area (Å²) >= 11 is 0. The molecule has 2 aliphatic heterocycles. The standard InChI is InChI=1S/C23H18N4O/c1-16-7-10-20(18-5-3-2-4-6-18)13-22-25-21(14-23(28)27(22)26-16)19-11-8-17(15-24)9-12-19/h2-13,22H,14H2,1H3. The van der Waals surface area contributed by atoms with E-state index in [0.29, 0.717) is 11.3 Å². The highest BCUT2D eigenvalue weighted by molar-refractivity contribution is 6.12. The topological polar surface area (TPSA) is 68.8 Å². The minimum Gasteiger partial charge on any atom is -0.272 e. The molecule has 1 atom stereocenters. The van der Waals surface area contributed by atoms with Gasteiger partial charge < -0.3 is 0 Å². The second-order valence-electron chi connectivity index (χ2n) is 6.66. The van der Waals surface area contributed by atoms with E-state index < -0.39 is 6.17 Å². The highest BCUT2D eigenvalue weighted by atomic mass is 16.2. The van der Waals surface area contributed by atoms with Crippen LogP contribution in [0.5, 0.6) is 0 Å². The normalized spacial score (nSPS) is 18.9. The molecule has 0 saturated heterocycles. The smallest absolute Gasteiger partial charge is 0.251 e. The van der Waals surface area contributed by atoms with Crippen molar-refractivity contribution < 1.29 is 4.79 Å². The number of amides is 1. The van der Waals surface area contributed by atoms with Crippen LogP contribution in [-0.4, -0.2) is 28.5 Å². The largest absolute Gasteiger partial charge is 0.272 e. The molecule has 0 radical (unpaired) electrons. The van der Waals surface area contributed by atoms with Crippen LogP contribution >= 0.6 is 0 Å². The molecule has 0 spiro atoms. The maximum atomic E-state index is 12.8. The van der Waals surface area contributed by atoms with Crippen LogP contribution < -0.4 is 0 Å². The van der Waals surface area contributed by atoms with E-state index in [0.717, 1.165) is 22.4 Å². The molecule has 0 aromatic heterocycles. The van der Waals surface area contributed by atoms with Gasteiger partial charge in [-0.1, -0.05) is 48.5 Å². The molecule has 4 rings (SSSR count). The number of nitrogens with zero attached hydrogens (tertiary/aromatic N) is 4. The van der Waals surface area contributed by atoms with E-state index >= 15 is 0 Å². The van der Waals surface area contributed by atoms with Crippen molar-refractivity contribution in [2.75, 3.05) is 0 Å². The Balaban J connectivity index is 1.79. The van der Waals surface area contributed by atoms with Crippen LogP contribution in [0, 0.1) is 11.3 Å². The first-order valence-corrected chi connectivity index (χ1v) is 9.04. The van der Waals surface area contributed by atoms with Gasteiger partial charge in [-0.3, -0.25) is 9.79 Å². The van der Waals surface area contributed by atoms with Crippen molar-refractivity contribution in [3.8, 4) is 6.07 Å². The molecule has 0 saturated carbocycles. The summed E-state index contributed by atoms with van der Waals surface area (Å²) in [4.78, 5) is 17.6. The summed E-state index contributed by atoms with van der Waals surface area (Å²) in [6.45, 7) is 1.87. The van der Waals surface area contributed by atoms with Crippen LogP contribution in [0.1, 0.15) is 30.0 Å². The first kappa shape index (κ1) is 17.6. The van der Waals surface area contributed by atoms with Gasteiger partial charge in [0.2, 0.25) is 0 Å². The molecule has 1 amide bonds. The van der Waals surface area contributed by atoms with E-state index in [1.807, 2.05) is 67.6 Å². The highest BCUT2D eigenvalue weighted by Crippen LogP contribution is 2.25. The Kier molecular flexibility index (Phi) is 4.69. The fourth-order valence-corrected chi connectivity index (χ4v) is 3.22.